The molecule has 2 aliphatic rings. The molecule has 2 aromatic carbocycles. The van der Waals surface area contributed by atoms with Crippen molar-refractivity contribution in [3.05, 3.63) is 98.6 Å². The Hall–Kier alpha value is -4.42. The molecule has 6 rings (SSSR count). The molecule has 0 atom stereocenters. The number of fused-ring (bicyclic) bond motifs is 1. The number of carbonyl (C=O) groups is 1. The van der Waals surface area contributed by atoms with Gasteiger partial charge >= 0.3 is 0 Å². The number of rotatable bonds is 8. The van der Waals surface area contributed by atoms with E-state index >= 15 is 0 Å². The number of hydrogen-bond acceptors (Lipinski definition) is 9. The summed E-state index contributed by atoms with van der Waals surface area (Å²) in [5.74, 6) is 1.22. The molecule has 0 aliphatic carbocycles. The van der Waals surface area contributed by atoms with Gasteiger partial charge in [-0.05, 0) is 60.9 Å². The number of thioether (sulfide) groups is 1. The largest absolute Gasteiger partial charge is 0.493 e. The van der Waals surface area contributed by atoms with E-state index in [4.69, 9.17) is 26.7 Å². The standard InChI is InChI=1S/C33H32FN5O4S2/c1-21-7-6-13-38-29(21)35-30(37-17-15-36(16-18-37)25-9-5-4-8-24(25)34)23(31(38)40)20-28-32(41)39(33(44)45-28)14-12-22-10-11-26(42-2)27(19-22)43-3/h4-11,13,19-20H,12,14-18H2,1-3H3. The second-order valence-electron chi connectivity index (χ2n) is 10.7. The number of nitrogens with zero attached hydrogens (tertiary/aromatic N) is 5. The molecule has 1 amide bonds. The summed E-state index contributed by atoms with van der Waals surface area (Å²) >= 11 is 6.78. The average Bonchev–Trinajstić information content (AvgIpc) is 3.32. The zero-order valence-electron chi connectivity index (χ0n) is 25.2. The van der Waals surface area contributed by atoms with Crippen LogP contribution in [0, 0.1) is 12.7 Å². The fourth-order valence-electron chi connectivity index (χ4n) is 5.64. The maximum Gasteiger partial charge on any atom is 0.267 e. The maximum absolute atomic E-state index is 14.5. The van der Waals surface area contributed by atoms with Gasteiger partial charge in [0.1, 0.15) is 21.6 Å². The van der Waals surface area contributed by atoms with Gasteiger partial charge in [-0.3, -0.25) is 18.9 Å². The molecular weight excluding hydrogens is 614 g/mol. The molecule has 9 nitrogen and oxygen atoms in total. The minimum Gasteiger partial charge on any atom is -0.493 e. The van der Waals surface area contributed by atoms with E-state index in [-0.39, 0.29) is 17.3 Å². The Labute approximate surface area is 269 Å². The van der Waals surface area contributed by atoms with Crippen molar-refractivity contribution in [2.75, 3.05) is 56.7 Å². The van der Waals surface area contributed by atoms with Gasteiger partial charge < -0.3 is 19.3 Å². The SMILES string of the molecule is COc1ccc(CCN2C(=O)C(=Cc3c(N4CCN(c5ccccc5F)CC4)nc4c(C)cccn4c3=O)SC2=S)cc1OC. The van der Waals surface area contributed by atoms with Gasteiger partial charge in [0, 0.05) is 38.9 Å². The maximum atomic E-state index is 14.5. The minimum absolute atomic E-state index is 0.255. The summed E-state index contributed by atoms with van der Waals surface area (Å²) in [6.45, 7) is 4.42. The molecule has 2 aliphatic heterocycles. The van der Waals surface area contributed by atoms with Gasteiger partial charge in [0.25, 0.3) is 11.5 Å². The van der Waals surface area contributed by atoms with Gasteiger partial charge in [0.2, 0.25) is 0 Å². The number of methoxy groups -OCH3 is 2. The van der Waals surface area contributed by atoms with E-state index in [0.717, 1.165) is 11.1 Å². The molecular formula is C33H32FN5O4S2. The molecule has 0 spiro atoms. The van der Waals surface area contributed by atoms with E-state index in [1.165, 1.54) is 22.2 Å². The summed E-state index contributed by atoms with van der Waals surface area (Å²) in [6.07, 6.45) is 3.86. The van der Waals surface area contributed by atoms with E-state index in [1.54, 1.807) is 49.6 Å². The number of piperazine rings is 1. The third kappa shape index (κ3) is 5.99. The molecule has 2 aromatic heterocycles. The Kier molecular flexibility index (Phi) is 8.77. The van der Waals surface area contributed by atoms with Crippen LogP contribution in [0.3, 0.4) is 0 Å². The van der Waals surface area contributed by atoms with Crippen molar-refractivity contribution >= 4 is 57.4 Å². The first kappa shape index (κ1) is 30.6. The number of ether oxygens (including phenoxy) is 2. The number of pyridine rings is 1. The van der Waals surface area contributed by atoms with E-state index in [0.29, 0.717) is 82.6 Å². The van der Waals surface area contributed by atoms with Crippen LogP contribution in [0.5, 0.6) is 11.5 Å². The second-order valence-corrected chi connectivity index (χ2v) is 12.4. The third-order valence-electron chi connectivity index (χ3n) is 8.06. The molecule has 12 heteroatoms. The topological polar surface area (TPSA) is 79.6 Å². The second kappa shape index (κ2) is 12.9. The normalized spacial score (nSPS) is 16.3. The molecule has 0 bridgehead atoms. The Morgan fingerprint density at radius 3 is 2.44 bits per heavy atom. The average molecular weight is 646 g/mol. The molecule has 0 saturated carbocycles. The van der Waals surface area contributed by atoms with Gasteiger partial charge in [0.05, 0.1) is 30.4 Å². The lowest BCUT2D eigenvalue weighted by atomic mass is 10.1. The fourth-order valence-corrected chi connectivity index (χ4v) is 6.93. The number of anilines is 2. The van der Waals surface area contributed by atoms with Crippen LogP contribution in [0.1, 0.15) is 16.7 Å². The van der Waals surface area contributed by atoms with E-state index in [1.807, 2.05) is 47.1 Å². The Morgan fingerprint density at radius 2 is 1.71 bits per heavy atom. The zero-order valence-corrected chi connectivity index (χ0v) is 26.8. The van der Waals surface area contributed by atoms with Crippen LogP contribution in [0.15, 0.2) is 70.5 Å². The number of para-hydroxylation sites is 1. The number of benzene rings is 2. The summed E-state index contributed by atoms with van der Waals surface area (Å²) < 4.78 is 27.2. The van der Waals surface area contributed by atoms with Crippen LogP contribution in [0.25, 0.3) is 11.7 Å². The molecule has 0 radical (unpaired) electrons. The molecule has 2 fully saturated rings. The lowest BCUT2D eigenvalue weighted by Crippen LogP contribution is -2.47. The Morgan fingerprint density at radius 1 is 0.978 bits per heavy atom. The van der Waals surface area contributed by atoms with Crippen molar-refractivity contribution in [3.63, 3.8) is 0 Å². The lowest BCUT2D eigenvalue weighted by Gasteiger charge is -2.37. The quantitative estimate of drug-likeness (QED) is 0.196. The highest BCUT2D eigenvalue weighted by Crippen LogP contribution is 2.35. The number of aromatic nitrogens is 2. The van der Waals surface area contributed by atoms with Crippen LogP contribution in [0.4, 0.5) is 15.9 Å². The number of thiocarbonyl (C=S) groups is 1. The van der Waals surface area contributed by atoms with Crippen molar-refractivity contribution in [2.45, 2.75) is 13.3 Å². The first-order valence-electron chi connectivity index (χ1n) is 14.5. The molecule has 4 aromatic rings. The van der Waals surface area contributed by atoms with Crippen molar-refractivity contribution in [2.24, 2.45) is 0 Å². The minimum atomic E-state index is -0.272. The number of carbonyl (C=O) groups excluding carboxylic acids is 1. The molecule has 0 N–H and O–H groups in total. The summed E-state index contributed by atoms with van der Waals surface area (Å²) in [5, 5.41) is 0. The number of halogens is 1. The molecule has 45 heavy (non-hydrogen) atoms. The first-order chi connectivity index (χ1) is 21.8. The van der Waals surface area contributed by atoms with Crippen LogP contribution in [-0.4, -0.2) is 71.5 Å². The summed E-state index contributed by atoms with van der Waals surface area (Å²) in [6, 6.07) is 16.1. The van der Waals surface area contributed by atoms with Crippen molar-refractivity contribution in [1.29, 1.82) is 0 Å². The predicted octanol–water partition coefficient (Wildman–Crippen LogP) is 4.93. The summed E-state index contributed by atoms with van der Waals surface area (Å²) in [4.78, 5) is 38.5. The number of hydrogen-bond donors (Lipinski definition) is 0. The molecule has 4 heterocycles. The smallest absolute Gasteiger partial charge is 0.267 e. The van der Waals surface area contributed by atoms with Crippen LogP contribution in [-0.2, 0) is 11.2 Å². The van der Waals surface area contributed by atoms with E-state index < -0.39 is 0 Å². The highest BCUT2D eigenvalue weighted by molar-refractivity contribution is 8.26. The van der Waals surface area contributed by atoms with Gasteiger partial charge in [-0.15, -0.1) is 0 Å². The number of amides is 1. The van der Waals surface area contributed by atoms with Gasteiger partial charge in [-0.1, -0.05) is 48.2 Å². The Balaban J connectivity index is 1.29. The highest BCUT2D eigenvalue weighted by Gasteiger charge is 2.33. The monoisotopic (exact) mass is 645 g/mol. The highest BCUT2D eigenvalue weighted by atomic mass is 32.2. The van der Waals surface area contributed by atoms with Crippen LogP contribution in [0.2, 0.25) is 0 Å². The van der Waals surface area contributed by atoms with Crippen molar-refractivity contribution in [1.82, 2.24) is 14.3 Å². The third-order valence-corrected chi connectivity index (χ3v) is 9.44. The predicted molar refractivity (Wildman–Crippen MR) is 180 cm³/mol. The van der Waals surface area contributed by atoms with Gasteiger partial charge in [-0.2, -0.15) is 0 Å². The molecule has 2 saturated heterocycles. The first-order valence-corrected chi connectivity index (χ1v) is 15.7. The number of aryl methyl sites for hydroxylation is 1. The van der Waals surface area contributed by atoms with E-state index in [9.17, 15) is 14.0 Å². The molecule has 0 unspecified atom stereocenters. The fraction of sp³-hybridized carbons (Fsp3) is 0.273. The van der Waals surface area contributed by atoms with Gasteiger partial charge in [-0.25, -0.2) is 9.37 Å². The summed E-state index contributed by atoms with van der Waals surface area (Å²) in [7, 11) is 3.16. The summed E-state index contributed by atoms with van der Waals surface area (Å²) in [5.41, 5.74) is 2.97. The van der Waals surface area contributed by atoms with Crippen LogP contribution >= 0.6 is 24.0 Å². The zero-order chi connectivity index (χ0) is 31.7. The Bertz CT molecular complexity index is 1890. The van der Waals surface area contributed by atoms with Crippen LogP contribution < -0.4 is 24.8 Å². The van der Waals surface area contributed by atoms with Crippen molar-refractivity contribution < 1.29 is 18.7 Å². The molecule has 232 valence electrons. The lowest BCUT2D eigenvalue weighted by molar-refractivity contribution is -0.122. The van der Waals surface area contributed by atoms with Gasteiger partial charge in [0.15, 0.2) is 11.5 Å². The van der Waals surface area contributed by atoms with E-state index in [2.05, 4.69) is 0 Å². The van der Waals surface area contributed by atoms with Crippen molar-refractivity contribution in [3.8, 4) is 11.5 Å².